The summed E-state index contributed by atoms with van der Waals surface area (Å²) < 4.78 is 31.5. The van der Waals surface area contributed by atoms with Crippen LogP contribution in [0.2, 0.25) is 0 Å². The third-order valence-corrected chi connectivity index (χ3v) is 6.35. The van der Waals surface area contributed by atoms with Crippen LogP contribution in [0.3, 0.4) is 0 Å². The van der Waals surface area contributed by atoms with Crippen molar-refractivity contribution in [1.29, 1.82) is 0 Å². The highest BCUT2D eigenvalue weighted by Gasteiger charge is 2.51. The Morgan fingerprint density at radius 2 is 1.71 bits per heavy atom. The molecule has 1 aliphatic heterocycles. The number of hydrogen-bond donors (Lipinski definition) is 0. The molecule has 28 heavy (non-hydrogen) atoms. The second kappa shape index (κ2) is 7.67. The Bertz CT molecular complexity index is 1010. The number of benzene rings is 2. The number of ether oxygens (including phenoxy) is 1. The average molecular weight is 399 g/mol. The van der Waals surface area contributed by atoms with Gasteiger partial charge in [0.1, 0.15) is 5.72 Å². The van der Waals surface area contributed by atoms with Gasteiger partial charge in [0.05, 0.1) is 17.5 Å². The maximum absolute atomic E-state index is 13.2. The van der Waals surface area contributed by atoms with E-state index in [9.17, 15) is 18.7 Å². The van der Waals surface area contributed by atoms with Crippen LogP contribution in [0, 0.1) is 0 Å². The van der Waals surface area contributed by atoms with Crippen LogP contribution >= 0.6 is 0 Å². The van der Waals surface area contributed by atoms with Gasteiger partial charge in [0.2, 0.25) is 0 Å². The van der Waals surface area contributed by atoms with E-state index < -0.39 is 32.6 Å². The van der Waals surface area contributed by atoms with Crippen LogP contribution in [0.1, 0.15) is 19.4 Å². The molecule has 3 rings (SSSR count). The van der Waals surface area contributed by atoms with Crippen molar-refractivity contribution in [2.75, 3.05) is 6.61 Å². The first-order valence-corrected chi connectivity index (χ1v) is 10.3. The fraction of sp³-hybridized carbons (Fsp3) is 0.300. The quantitative estimate of drug-likeness (QED) is 0.342. The zero-order valence-electron chi connectivity index (χ0n) is 15.6. The second-order valence-corrected chi connectivity index (χ2v) is 8.86. The molecule has 0 saturated carbocycles. The highest BCUT2D eigenvalue weighted by Crippen LogP contribution is 2.30. The maximum atomic E-state index is 13.2. The third kappa shape index (κ3) is 3.75. The monoisotopic (exact) mass is 399 g/mol. The summed E-state index contributed by atoms with van der Waals surface area (Å²) in [5.41, 5.74) is 9.36. The van der Waals surface area contributed by atoms with Crippen LogP contribution in [-0.2, 0) is 25.8 Å². The summed E-state index contributed by atoms with van der Waals surface area (Å²) in [4.78, 5) is 17.3. The predicted molar refractivity (Wildman–Crippen MR) is 103 cm³/mol. The van der Waals surface area contributed by atoms with E-state index in [1.807, 2.05) is 30.3 Å². The van der Waals surface area contributed by atoms with E-state index in [0.717, 1.165) is 5.56 Å². The molecule has 0 aromatic heterocycles. The number of amides is 1. The Kier molecular flexibility index (Phi) is 5.47. The van der Waals surface area contributed by atoms with E-state index in [0.29, 0.717) is 6.42 Å². The molecule has 1 aliphatic rings. The normalized spacial score (nSPS) is 18.5. The molecule has 2 aromatic rings. The van der Waals surface area contributed by atoms with Crippen molar-refractivity contribution in [2.24, 2.45) is 0 Å². The number of hydrogen-bond acceptors (Lipinski definition) is 4. The molecule has 1 heterocycles. The highest BCUT2D eigenvalue weighted by atomic mass is 32.2. The van der Waals surface area contributed by atoms with Crippen LogP contribution in [0.5, 0.6) is 0 Å². The van der Waals surface area contributed by atoms with Gasteiger partial charge in [-0.15, -0.1) is 4.79 Å². The lowest BCUT2D eigenvalue weighted by Gasteiger charge is -2.32. The Labute approximate surface area is 164 Å². The van der Waals surface area contributed by atoms with Crippen molar-refractivity contribution >= 4 is 20.8 Å². The fourth-order valence-corrected chi connectivity index (χ4v) is 4.53. The van der Waals surface area contributed by atoms with Crippen LogP contribution < -0.4 is 0 Å². The minimum atomic E-state index is -4.28. The topological polar surface area (TPSA) is 100 Å². The fourth-order valence-electron chi connectivity index (χ4n) is 3.36. The largest absolute Gasteiger partial charge is 0.473 e. The minimum absolute atomic E-state index is 0.117. The Morgan fingerprint density at radius 1 is 1.14 bits per heavy atom. The first kappa shape index (κ1) is 19.9. The van der Waals surface area contributed by atoms with Crippen molar-refractivity contribution in [1.82, 2.24) is 4.90 Å². The van der Waals surface area contributed by atoms with Gasteiger partial charge in [-0.2, -0.15) is 0 Å². The summed E-state index contributed by atoms with van der Waals surface area (Å²) in [6, 6.07) is 16.6. The van der Waals surface area contributed by atoms with Gasteiger partial charge in [-0.1, -0.05) is 48.5 Å². The highest BCUT2D eigenvalue weighted by molar-refractivity contribution is 8.08. The zero-order chi connectivity index (χ0) is 20.4. The van der Waals surface area contributed by atoms with E-state index >= 15 is 0 Å². The standard InChI is InChI=1S/C20H21N3O4S/c1-20(2)23(16(14-27-20)13-15-9-5-3-6-10-15)19(24)18(22-21)28(25,26)17-11-7-4-8-12-17/h3-12,16H,13-14H2,1-2H3. The predicted octanol–water partition coefficient (Wildman–Crippen LogP) is 2.29. The van der Waals surface area contributed by atoms with Crippen molar-refractivity contribution in [2.45, 2.75) is 36.9 Å². The number of sulfone groups is 1. The van der Waals surface area contributed by atoms with Crippen LogP contribution in [0.15, 0.2) is 65.6 Å². The molecule has 7 nitrogen and oxygen atoms in total. The van der Waals surface area contributed by atoms with Gasteiger partial charge in [0.15, 0.2) is 0 Å². The maximum Gasteiger partial charge on any atom is 0.473 e. The summed E-state index contributed by atoms with van der Waals surface area (Å²) in [6.07, 6.45) is 0.486. The van der Waals surface area contributed by atoms with Crippen LogP contribution in [0.25, 0.3) is 5.53 Å². The van der Waals surface area contributed by atoms with Gasteiger partial charge < -0.3 is 10.3 Å². The molecule has 1 atom stereocenters. The summed E-state index contributed by atoms with van der Waals surface area (Å²) in [5.74, 6) is -0.894. The molecule has 1 unspecified atom stereocenters. The van der Waals surface area contributed by atoms with Gasteiger partial charge in [-0.05, 0) is 38.0 Å². The van der Waals surface area contributed by atoms with Gasteiger partial charge in [0, 0.05) is 0 Å². The van der Waals surface area contributed by atoms with Gasteiger partial charge >= 0.3 is 11.0 Å². The summed E-state index contributed by atoms with van der Waals surface area (Å²) in [5, 5.41) is -0.921. The van der Waals surface area contributed by atoms with E-state index in [1.54, 1.807) is 19.9 Å². The molecule has 1 saturated heterocycles. The molecule has 1 fully saturated rings. The molecule has 146 valence electrons. The molecular formula is C20H21N3O4S. The lowest BCUT2D eigenvalue weighted by Crippen LogP contribution is -2.52. The Balaban J connectivity index is 1.96. The van der Waals surface area contributed by atoms with Gasteiger partial charge in [0.25, 0.3) is 9.84 Å². The number of carbonyl (C=O) groups excluding carboxylic acids is 1. The molecule has 0 radical (unpaired) electrons. The Hall–Kier alpha value is -2.80. The van der Waals surface area contributed by atoms with Crippen molar-refractivity contribution in [3.05, 3.63) is 71.8 Å². The van der Waals surface area contributed by atoms with Crippen molar-refractivity contribution < 1.29 is 22.7 Å². The average Bonchev–Trinajstić information content (AvgIpc) is 2.97. The molecule has 0 spiro atoms. The first-order chi connectivity index (χ1) is 13.3. The smallest absolute Gasteiger partial charge is 0.360 e. The lowest BCUT2D eigenvalue weighted by molar-refractivity contribution is -0.142. The first-order valence-electron chi connectivity index (χ1n) is 8.81. The van der Waals surface area contributed by atoms with E-state index in [1.165, 1.54) is 29.2 Å². The summed E-state index contributed by atoms with van der Waals surface area (Å²) >= 11 is 0. The van der Waals surface area contributed by atoms with Gasteiger partial charge in [-0.25, -0.2) is 8.42 Å². The van der Waals surface area contributed by atoms with E-state index in [2.05, 4.69) is 4.79 Å². The number of rotatable bonds is 3. The second-order valence-electron chi connectivity index (χ2n) is 7.00. The molecule has 1 amide bonds. The minimum Gasteiger partial charge on any atom is -0.360 e. The molecule has 2 aromatic carbocycles. The molecule has 0 bridgehead atoms. The zero-order valence-corrected chi connectivity index (χ0v) is 16.5. The third-order valence-electron chi connectivity index (χ3n) is 4.69. The Morgan fingerprint density at radius 3 is 2.29 bits per heavy atom. The number of carbonyl (C=O) groups is 1. The number of nitrogens with zero attached hydrogens (tertiary/aromatic N) is 3. The van der Waals surface area contributed by atoms with E-state index in [-0.39, 0.29) is 11.5 Å². The summed E-state index contributed by atoms with van der Waals surface area (Å²) in [7, 11) is -4.28. The van der Waals surface area contributed by atoms with Crippen molar-refractivity contribution in [3.63, 3.8) is 0 Å². The molecule has 8 heteroatoms. The lowest BCUT2D eigenvalue weighted by atomic mass is 10.0. The summed E-state index contributed by atoms with van der Waals surface area (Å²) in [6.45, 7) is 3.61. The van der Waals surface area contributed by atoms with Crippen molar-refractivity contribution in [3.8, 4) is 0 Å². The molecule has 0 aliphatic carbocycles. The van der Waals surface area contributed by atoms with Crippen LogP contribution in [0.4, 0.5) is 0 Å². The molecule has 0 N–H and O–H groups in total. The SMILES string of the molecule is CC1(C)OCC(Cc2ccccc2)N1C(=O)C(=[N+]=[N-])S(=O)(=O)c1ccccc1. The molecular weight excluding hydrogens is 378 g/mol. The van der Waals surface area contributed by atoms with E-state index in [4.69, 9.17) is 4.74 Å². The van der Waals surface area contributed by atoms with Crippen LogP contribution in [-0.4, -0.2) is 47.4 Å². The van der Waals surface area contributed by atoms with Gasteiger partial charge in [-0.3, -0.25) is 9.69 Å².